The molecule has 1 aromatic carbocycles. The van der Waals surface area contributed by atoms with Crippen molar-refractivity contribution in [1.29, 1.82) is 0 Å². The molecular weight excluding hydrogens is 289 g/mol. The van der Waals surface area contributed by atoms with Gasteiger partial charge in [0.2, 0.25) is 0 Å². The number of hydrogen-bond donors (Lipinski definition) is 1. The van der Waals surface area contributed by atoms with Crippen LogP contribution in [0.1, 0.15) is 18.9 Å². The minimum Gasteiger partial charge on any atom is -0.467 e. The Labute approximate surface area is 108 Å². The topological polar surface area (TPSA) is 38.3 Å². The number of halogens is 2. The maximum Gasteiger partial charge on any atom is 0.328 e. The molecule has 0 bridgehead atoms. The Hall–Kier alpha value is -1.10. The van der Waals surface area contributed by atoms with Gasteiger partial charge in [0.15, 0.2) is 0 Å². The van der Waals surface area contributed by atoms with Gasteiger partial charge in [-0.3, -0.25) is 0 Å². The van der Waals surface area contributed by atoms with Gasteiger partial charge < -0.3 is 10.1 Å². The summed E-state index contributed by atoms with van der Waals surface area (Å²) in [5.74, 6) is -0.647. The van der Waals surface area contributed by atoms with E-state index in [1.165, 1.54) is 13.2 Å². The van der Waals surface area contributed by atoms with Crippen LogP contribution in [0.25, 0.3) is 0 Å². The first kappa shape index (κ1) is 14.0. The van der Waals surface area contributed by atoms with Crippen LogP contribution in [-0.4, -0.2) is 19.1 Å². The highest BCUT2D eigenvalue weighted by atomic mass is 79.9. The van der Waals surface area contributed by atoms with E-state index in [1.807, 2.05) is 6.92 Å². The molecule has 1 N–H and O–H groups in total. The van der Waals surface area contributed by atoms with E-state index < -0.39 is 6.04 Å². The Bertz CT molecular complexity index is 423. The first-order valence-electron chi connectivity index (χ1n) is 5.29. The molecule has 0 radical (unpaired) electrons. The van der Waals surface area contributed by atoms with E-state index in [-0.39, 0.29) is 11.8 Å². The average Bonchev–Trinajstić information content (AvgIpc) is 2.31. The van der Waals surface area contributed by atoms with Crippen molar-refractivity contribution in [2.75, 3.05) is 12.4 Å². The number of carbonyl (C=O) groups is 1. The zero-order chi connectivity index (χ0) is 13.0. The molecule has 17 heavy (non-hydrogen) atoms. The Morgan fingerprint density at radius 1 is 1.59 bits per heavy atom. The van der Waals surface area contributed by atoms with Crippen molar-refractivity contribution in [2.24, 2.45) is 0 Å². The third-order valence-electron chi connectivity index (χ3n) is 2.49. The van der Waals surface area contributed by atoms with Crippen LogP contribution in [0.15, 0.2) is 16.6 Å². The van der Waals surface area contributed by atoms with Crippen molar-refractivity contribution in [1.82, 2.24) is 0 Å². The zero-order valence-corrected chi connectivity index (χ0v) is 11.6. The van der Waals surface area contributed by atoms with Gasteiger partial charge in [-0.05, 0) is 47.0 Å². The fourth-order valence-corrected chi connectivity index (χ4v) is 1.80. The van der Waals surface area contributed by atoms with E-state index in [4.69, 9.17) is 0 Å². The number of aryl methyl sites for hydroxylation is 1. The molecule has 0 fully saturated rings. The number of nitrogens with one attached hydrogen (secondary N) is 1. The molecule has 1 aromatic rings. The largest absolute Gasteiger partial charge is 0.467 e. The Balaban J connectivity index is 2.94. The van der Waals surface area contributed by atoms with Crippen LogP contribution in [0.5, 0.6) is 0 Å². The second kappa shape index (κ2) is 6.00. The van der Waals surface area contributed by atoms with Gasteiger partial charge in [0.25, 0.3) is 0 Å². The third-order valence-corrected chi connectivity index (χ3v) is 3.10. The van der Waals surface area contributed by atoms with Crippen LogP contribution in [0.2, 0.25) is 0 Å². The zero-order valence-electron chi connectivity index (χ0n) is 10.0. The summed E-state index contributed by atoms with van der Waals surface area (Å²) in [7, 11) is 1.35. The van der Waals surface area contributed by atoms with Crippen molar-refractivity contribution in [3.63, 3.8) is 0 Å². The van der Waals surface area contributed by atoms with E-state index in [0.717, 1.165) is 11.3 Å². The molecule has 0 heterocycles. The molecular formula is C12H15BrFNO2. The number of rotatable bonds is 4. The monoisotopic (exact) mass is 303 g/mol. The fourth-order valence-electron chi connectivity index (χ4n) is 1.46. The van der Waals surface area contributed by atoms with Crippen molar-refractivity contribution in [2.45, 2.75) is 26.3 Å². The summed E-state index contributed by atoms with van der Waals surface area (Å²) in [6.45, 7) is 3.66. The van der Waals surface area contributed by atoms with Gasteiger partial charge in [-0.2, -0.15) is 0 Å². The SMILES string of the molecule is CCC(Nc1cc(Br)c(F)cc1C)C(=O)OC. The second-order valence-corrected chi connectivity index (χ2v) is 4.56. The molecule has 1 rings (SSSR count). The van der Waals surface area contributed by atoms with Crippen molar-refractivity contribution in [3.05, 3.63) is 28.0 Å². The van der Waals surface area contributed by atoms with Crippen LogP contribution in [-0.2, 0) is 9.53 Å². The lowest BCUT2D eigenvalue weighted by molar-refractivity contribution is -0.141. The minimum absolute atomic E-state index is 0.320. The van der Waals surface area contributed by atoms with Gasteiger partial charge in [-0.15, -0.1) is 0 Å². The lowest BCUT2D eigenvalue weighted by Crippen LogP contribution is -2.30. The second-order valence-electron chi connectivity index (χ2n) is 3.71. The van der Waals surface area contributed by atoms with E-state index >= 15 is 0 Å². The van der Waals surface area contributed by atoms with Gasteiger partial charge >= 0.3 is 5.97 Å². The molecule has 0 saturated heterocycles. The normalized spacial score (nSPS) is 12.1. The number of esters is 1. The summed E-state index contributed by atoms with van der Waals surface area (Å²) in [4.78, 5) is 11.4. The smallest absolute Gasteiger partial charge is 0.328 e. The number of benzene rings is 1. The highest BCUT2D eigenvalue weighted by Gasteiger charge is 2.17. The molecule has 1 atom stereocenters. The van der Waals surface area contributed by atoms with Crippen molar-refractivity contribution >= 4 is 27.6 Å². The third kappa shape index (κ3) is 3.43. The van der Waals surface area contributed by atoms with E-state index in [2.05, 4.69) is 26.0 Å². The van der Waals surface area contributed by atoms with Gasteiger partial charge in [-0.25, -0.2) is 9.18 Å². The Kier molecular flexibility index (Phi) is 4.93. The Morgan fingerprint density at radius 2 is 2.24 bits per heavy atom. The van der Waals surface area contributed by atoms with Crippen LogP contribution in [0.3, 0.4) is 0 Å². The molecule has 0 saturated carbocycles. The van der Waals surface area contributed by atoms with Gasteiger partial charge in [-0.1, -0.05) is 6.92 Å². The van der Waals surface area contributed by atoms with E-state index in [0.29, 0.717) is 10.9 Å². The van der Waals surface area contributed by atoms with Crippen LogP contribution in [0.4, 0.5) is 10.1 Å². The van der Waals surface area contributed by atoms with Crippen molar-refractivity contribution < 1.29 is 13.9 Å². The number of methoxy groups -OCH3 is 1. The molecule has 0 aliphatic rings. The molecule has 3 nitrogen and oxygen atoms in total. The van der Waals surface area contributed by atoms with Gasteiger partial charge in [0.05, 0.1) is 11.6 Å². The quantitative estimate of drug-likeness (QED) is 0.868. The number of anilines is 1. The molecule has 0 aliphatic heterocycles. The average molecular weight is 304 g/mol. The van der Waals surface area contributed by atoms with Crippen LogP contribution in [0, 0.1) is 12.7 Å². The highest BCUT2D eigenvalue weighted by Crippen LogP contribution is 2.25. The van der Waals surface area contributed by atoms with Gasteiger partial charge in [0.1, 0.15) is 11.9 Å². The predicted molar refractivity (Wildman–Crippen MR) is 68.6 cm³/mol. The number of hydrogen-bond acceptors (Lipinski definition) is 3. The Morgan fingerprint density at radius 3 is 2.76 bits per heavy atom. The first-order chi connectivity index (χ1) is 7.99. The minimum atomic E-state index is -0.420. The summed E-state index contributed by atoms with van der Waals surface area (Å²) in [6.07, 6.45) is 0.598. The first-order valence-corrected chi connectivity index (χ1v) is 6.08. The maximum absolute atomic E-state index is 13.2. The highest BCUT2D eigenvalue weighted by molar-refractivity contribution is 9.10. The van der Waals surface area contributed by atoms with E-state index in [1.54, 1.807) is 13.0 Å². The molecule has 5 heteroatoms. The van der Waals surface area contributed by atoms with Crippen LogP contribution < -0.4 is 5.32 Å². The van der Waals surface area contributed by atoms with E-state index in [9.17, 15) is 9.18 Å². The summed E-state index contributed by atoms with van der Waals surface area (Å²) in [5, 5.41) is 3.04. The molecule has 0 aromatic heterocycles. The summed E-state index contributed by atoms with van der Waals surface area (Å²) < 4.78 is 18.3. The lowest BCUT2D eigenvalue weighted by atomic mass is 10.1. The fraction of sp³-hybridized carbons (Fsp3) is 0.417. The molecule has 1 unspecified atom stereocenters. The van der Waals surface area contributed by atoms with Gasteiger partial charge in [0, 0.05) is 5.69 Å². The molecule has 0 spiro atoms. The summed E-state index contributed by atoms with van der Waals surface area (Å²) >= 11 is 3.11. The predicted octanol–water partition coefficient (Wildman–Crippen LogP) is 3.26. The van der Waals surface area contributed by atoms with Crippen molar-refractivity contribution in [3.8, 4) is 0 Å². The summed E-state index contributed by atoms with van der Waals surface area (Å²) in [6, 6.07) is 2.61. The molecule has 0 amide bonds. The number of carbonyl (C=O) groups excluding carboxylic acids is 1. The van der Waals surface area contributed by atoms with Crippen LogP contribution >= 0.6 is 15.9 Å². The maximum atomic E-state index is 13.2. The molecule has 0 aliphatic carbocycles. The number of ether oxygens (including phenoxy) is 1. The lowest BCUT2D eigenvalue weighted by Gasteiger charge is -2.17. The molecule has 94 valence electrons. The standard InChI is InChI=1S/C12H15BrFNO2/c1-4-10(12(16)17-3)15-11-6-8(13)9(14)5-7(11)2/h5-6,10,15H,4H2,1-3H3. The summed E-state index contributed by atoms with van der Waals surface area (Å²) in [5.41, 5.74) is 1.46.